The fraction of sp³-hybridized carbons (Fsp3) is 0.500. The molecule has 27 heavy (non-hydrogen) atoms. The average molecular weight is 367 g/mol. The zero-order chi connectivity index (χ0) is 18.8. The van der Waals surface area contributed by atoms with Crippen molar-refractivity contribution in [2.45, 2.75) is 51.0 Å². The summed E-state index contributed by atoms with van der Waals surface area (Å²) in [4.78, 5) is 38.3. The summed E-state index contributed by atoms with van der Waals surface area (Å²) in [5.74, 6) is 1.14. The van der Waals surface area contributed by atoms with Gasteiger partial charge in [-0.3, -0.25) is 9.59 Å². The first-order valence-electron chi connectivity index (χ1n) is 9.73. The van der Waals surface area contributed by atoms with Crippen LogP contribution in [-0.4, -0.2) is 40.0 Å². The van der Waals surface area contributed by atoms with Crippen LogP contribution < -0.4 is 15.8 Å². The van der Waals surface area contributed by atoms with E-state index in [0.717, 1.165) is 55.9 Å². The van der Waals surface area contributed by atoms with Gasteiger partial charge in [0.05, 0.1) is 0 Å². The quantitative estimate of drug-likeness (QED) is 0.843. The Morgan fingerprint density at radius 2 is 2.11 bits per heavy atom. The predicted molar refractivity (Wildman–Crippen MR) is 103 cm³/mol. The van der Waals surface area contributed by atoms with Gasteiger partial charge in [0, 0.05) is 48.2 Å². The highest BCUT2D eigenvalue weighted by molar-refractivity contribution is 5.94. The summed E-state index contributed by atoms with van der Waals surface area (Å²) in [6.45, 7) is 3.71. The van der Waals surface area contributed by atoms with Crippen molar-refractivity contribution in [2.75, 3.05) is 18.0 Å². The molecule has 1 amide bonds. The molecule has 2 aliphatic rings. The highest BCUT2D eigenvalue weighted by atomic mass is 16.2. The van der Waals surface area contributed by atoms with E-state index in [1.165, 1.54) is 6.07 Å². The molecule has 3 heterocycles. The van der Waals surface area contributed by atoms with E-state index in [0.29, 0.717) is 18.0 Å². The molecule has 1 atom stereocenters. The fourth-order valence-electron chi connectivity index (χ4n) is 3.63. The van der Waals surface area contributed by atoms with Gasteiger partial charge in [0.1, 0.15) is 12.1 Å². The highest BCUT2D eigenvalue weighted by Crippen LogP contribution is 2.38. The highest BCUT2D eigenvalue weighted by Gasteiger charge is 2.27. The van der Waals surface area contributed by atoms with Crippen molar-refractivity contribution in [2.24, 2.45) is 0 Å². The molecule has 0 radical (unpaired) electrons. The minimum absolute atomic E-state index is 0.0370. The lowest BCUT2D eigenvalue weighted by Crippen LogP contribution is -2.48. The van der Waals surface area contributed by atoms with Gasteiger partial charge in [-0.05, 0) is 44.1 Å². The number of piperidine rings is 1. The van der Waals surface area contributed by atoms with Gasteiger partial charge in [0.2, 0.25) is 5.56 Å². The molecule has 1 saturated heterocycles. The number of amides is 1. The summed E-state index contributed by atoms with van der Waals surface area (Å²) >= 11 is 0. The van der Waals surface area contributed by atoms with Crippen LogP contribution in [0.4, 0.5) is 5.82 Å². The second-order valence-electron chi connectivity index (χ2n) is 7.44. The van der Waals surface area contributed by atoms with Crippen molar-refractivity contribution in [1.29, 1.82) is 0 Å². The van der Waals surface area contributed by atoms with Gasteiger partial charge < -0.3 is 15.2 Å². The maximum Gasteiger partial charge on any atom is 0.251 e. The topological polar surface area (TPSA) is 91.0 Å². The number of aromatic nitrogens is 3. The third-order valence-corrected chi connectivity index (χ3v) is 5.30. The molecule has 4 rings (SSSR count). The molecule has 1 aliphatic carbocycles. The molecule has 7 heteroatoms. The van der Waals surface area contributed by atoms with Crippen LogP contribution in [0.1, 0.15) is 60.3 Å². The molecule has 1 aliphatic heterocycles. The number of hydrogen-bond acceptors (Lipinski definition) is 5. The Kier molecular flexibility index (Phi) is 4.92. The molecule has 2 fully saturated rings. The van der Waals surface area contributed by atoms with Crippen molar-refractivity contribution in [3.05, 3.63) is 51.8 Å². The van der Waals surface area contributed by atoms with Crippen LogP contribution >= 0.6 is 0 Å². The van der Waals surface area contributed by atoms with Crippen LogP contribution in [0.15, 0.2) is 29.3 Å². The lowest BCUT2D eigenvalue weighted by atomic mass is 10.0. The largest absolute Gasteiger partial charge is 0.354 e. The Labute approximate surface area is 158 Å². The van der Waals surface area contributed by atoms with Crippen molar-refractivity contribution in [3.63, 3.8) is 0 Å². The first-order chi connectivity index (χ1) is 13.1. The smallest absolute Gasteiger partial charge is 0.251 e. The van der Waals surface area contributed by atoms with Crippen LogP contribution in [0.5, 0.6) is 0 Å². The SMILES string of the molecule is CCc1cc(N2CCCC(NC(=O)c3cc(C4CC4)[nH]c(=O)c3)C2)ncn1. The van der Waals surface area contributed by atoms with Gasteiger partial charge in [-0.25, -0.2) is 9.97 Å². The van der Waals surface area contributed by atoms with Crippen LogP contribution in [-0.2, 0) is 6.42 Å². The molecule has 1 saturated carbocycles. The van der Waals surface area contributed by atoms with Gasteiger partial charge in [-0.1, -0.05) is 6.92 Å². The van der Waals surface area contributed by atoms with E-state index in [2.05, 4.69) is 32.1 Å². The lowest BCUT2D eigenvalue weighted by Gasteiger charge is -2.34. The number of carbonyl (C=O) groups excluding carboxylic acids is 1. The van der Waals surface area contributed by atoms with Crippen LogP contribution in [0.3, 0.4) is 0 Å². The van der Waals surface area contributed by atoms with E-state index in [4.69, 9.17) is 0 Å². The molecule has 0 bridgehead atoms. The average Bonchev–Trinajstić information content (AvgIpc) is 3.53. The molecule has 0 spiro atoms. The second kappa shape index (κ2) is 7.50. The molecular weight excluding hydrogens is 342 g/mol. The van der Waals surface area contributed by atoms with Crippen molar-refractivity contribution >= 4 is 11.7 Å². The predicted octanol–water partition coefficient (Wildman–Crippen LogP) is 2.00. The van der Waals surface area contributed by atoms with Crippen LogP contribution in [0.25, 0.3) is 0 Å². The van der Waals surface area contributed by atoms with E-state index in [-0.39, 0.29) is 17.5 Å². The van der Waals surface area contributed by atoms with E-state index < -0.39 is 0 Å². The van der Waals surface area contributed by atoms with Gasteiger partial charge in [-0.15, -0.1) is 0 Å². The normalized spacial score (nSPS) is 19.7. The first-order valence-corrected chi connectivity index (χ1v) is 9.73. The molecular formula is C20H25N5O2. The summed E-state index contributed by atoms with van der Waals surface area (Å²) in [6, 6.07) is 5.27. The summed E-state index contributed by atoms with van der Waals surface area (Å²) in [5.41, 5.74) is 2.14. The number of H-pyrrole nitrogens is 1. The van der Waals surface area contributed by atoms with Crippen molar-refractivity contribution in [3.8, 4) is 0 Å². The standard InChI is InChI=1S/C20H25N5O2/c1-2-15-10-18(22-12-21-15)25-7-3-4-16(11-25)23-20(27)14-8-17(13-5-6-13)24-19(26)9-14/h8-10,12-13,16H,2-7,11H2,1H3,(H,23,27)(H,24,26). The minimum atomic E-state index is -0.206. The number of nitrogens with zero attached hydrogens (tertiary/aromatic N) is 3. The number of aryl methyl sites for hydroxylation is 1. The van der Waals surface area contributed by atoms with Crippen LogP contribution in [0, 0.1) is 0 Å². The molecule has 142 valence electrons. The van der Waals surface area contributed by atoms with Crippen LogP contribution in [0.2, 0.25) is 0 Å². The van der Waals surface area contributed by atoms with E-state index in [9.17, 15) is 9.59 Å². The molecule has 7 nitrogen and oxygen atoms in total. The first kappa shape index (κ1) is 17.7. The van der Waals surface area contributed by atoms with E-state index >= 15 is 0 Å². The third-order valence-electron chi connectivity index (χ3n) is 5.30. The lowest BCUT2D eigenvalue weighted by molar-refractivity contribution is 0.0932. The number of aromatic amines is 1. The number of carbonyl (C=O) groups is 1. The summed E-state index contributed by atoms with van der Waals surface area (Å²) < 4.78 is 0. The Bertz CT molecular complexity index is 890. The Morgan fingerprint density at radius 3 is 2.89 bits per heavy atom. The monoisotopic (exact) mass is 367 g/mol. The molecule has 0 aromatic carbocycles. The number of rotatable bonds is 5. The van der Waals surface area contributed by atoms with Crippen molar-refractivity contribution in [1.82, 2.24) is 20.3 Å². The van der Waals surface area contributed by atoms with E-state index in [1.807, 2.05) is 12.1 Å². The van der Waals surface area contributed by atoms with Gasteiger partial charge in [0.25, 0.3) is 5.91 Å². The summed E-state index contributed by atoms with van der Waals surface area (Å²) in [7, 11) is 0. The Morgan fingerprint density at radius 1 is 1.26 bits per heavy atom. The maximum atomic E-state index is 12.7. The maximum absolute atomic E-state index is 12.7. The molecule has 2 aromatic heterocycles. The molecule has 1 unspecified atom stereocenters. The number of hydrogen-bond donors (Lipinski definition) is 2. The minimum Gasteiger partial charge on any atom is -0.354 e. The van der Waals surface area contributed by atoms with Gasteiger partial charge in [-0.2, -0.15) is 0 Å². The number of nitrogens with one attached hydrogen (secondary N) is 2. The van der Waals surface area contributed by atoms with Gasteiger partial charge >= 0.3 is 0 Å². The van der Waals surface area contributed by atoms with Crippen molar-refractivity contribution < 1.29 is 4.79 Å². The Hall–Kier alpha value is -2.70. The van der Waals surface area contributed by atoms with E-state index in [1.54, 1.807) is 6.33 Å². The molecule has 2 N–H and O–H groups in total. The second-order valence-corrected chi connectivity index (χ2v) is 7.44. The summed E-state index contributed by atoms with van der Waals surface area (Å²) in [5, 5.41) is 3.10. The zero-order valence-corrected chi connectivity index (χ0v) is 15.6. The zero-order valence-electron chi connectivity index (χ0n) is 15.6. The summed E-state index contributed by atoms with van der Waals surface area (Å²) in [6.07, 6.45) is 6.54. The molecule has 2 aromatic rings. The number of pyridine rings is 1. The third kappa shape index (κ3) is 4.18. The van der Waals surface area contributed by atoms with Gasteiger partial charge in [0.15, 0.2) is 0 Å². The fourth-order valence-corrected chi connectivity index (χ4v) is 3.63. The Balaban J connectivity index is 1.44. The number of anilines is 1.